The second-order valence-electron chi connectivity index (χ2n) is 5.11. The lowest BCUT2D eigenvalue weighted by molar-refractivity contribution is -0.121. The Balaban J connectivity index is 1.88. The molecule has 1 saturated heterocycles. The Labute approximate surface area is 130 Å². The molecule has 2 rings (SSSR count). The van der Waals surface area contributed by atoms with Crippen molar-refractivity contribution in [1.29, 1.82) is 5.26 Å². The summed E-state index contributed by atoms with van der Waals surface area (Å²) in [7, 11) is 0. The first kappa shape index (κ1) is 15.8. The first-order valence-electron chi connectivity index (χ1n) is 7.26. The number of carbonyl (C=O) groups is 1. The van der Waals surface area contributed by atoms with Crippen LogP contribution in [0.1, 0.15) is 12.0 Å². The Bertz CT molecular complexity index is 584. The summed E-state index contributed by atoms with van der Waals surface area (Å²) in [4.78, 5) is 20.3. The fraction of sp³-hybridized carbons (Fsp3) is 0.438. The molecule has 1 aromatic rings. The number of anilines is 1. The van der Waals surface area contributed by atoms with Gasteiger partial charge in [0.1, 0.15) is 11.9 Å². The van der Waals surface area contributed by atoms with Gasteiger partial charge in [-0.1, -0.05) is 5.92 Å². The molecule has 1 aliphatic heterocycles. The molecule has 0 bridgehead atoms. The largest absolute Gasteiger partial charge is 0.355 e. The van der Waals surface area contributed by atoms with Gasteiger partial charge in [-0.2, -0.15) is 5.26 Å². The van der Waals surface area contributed by atoms with Crippen LogP contribution >= 0.6 is 0 Å². The molecule has 1 fully saturated rings. The molecule has 22 heavy (non-hydrogen) atoms. The van der Waals surface area contributed by atoms with Crippen molar-refractivity contribution in [1.82, 2.24) is 15.2 Å². The zero-order valence-corrected chi connectivity index (χ0v) is 12.5. The molecule has 6 heteroatoms. The number of carbonyl (C=O) groups excluding carboxylic acids is 1. The highest BCUT2D eigenvalue weighted by Crippen LogP contribution is 2.14. The van der Waals surface area contributed by atoms with Crippen molar-refractivity contribution in [3.05, 3.63) is 23.9 Å². The van der Waals surface area contributed by atoms with Crippen LogP contribution in [0.25, 0.3) is 0 Å². The normalized spacial score (nSPS) is 15.5. The second kappa shape index (κ2) is 8.02. The number of hydrogen-bond acceptors (Lipinski definition) is 5. The molecule has 1 aromatic heterocycles. The van der Waals surface area contributed by atoms with Crippen molar-refractivity contribution in [2.75, 3.05) is 44.2 Å². The summed E-state index contributed by atoms with van der Waals surface area (Å²) in [5.74, 6) is 3.23. The minimum Gasteiger partial charge on any atom is -0.355 e. The zero-order chi connectivity index (χ0) is 15.8. The highest BCUT2D eigenvalue weighted by molar-refractivity contribution is 5.78. The average Bonchev–Trinajstić information content (AvgIpc) is 2.78. The third-order valence-electron chi connectivity index (χ3n) is 3.54. The van der Waals surface area contributed by atoms with Crippen LogP contribution in [0.2, 0.25) is 0 Å². The van der Waals surface area contributed by atoms with Crippen molar-refractivity contribution >= 4 is 11.7 Å². The lowest BCUT2D eigenvalue weighted by atomic mass is 10.3. The molecule has 0 aromatic carbocycles. The lowest BCUT2D eigenvalue weighted by Gasteiger charge is -2.22. The van der Waals surface area contributed by atoms with Crippen LogP contribution in [0.15, 0.2) is 18.3 Å². The standard InChI is InChI=1S/C16H19N5O/c1-2-6-18-16(22)13-20-7-3-8-21(10-9-20)15-5-4-14(11-17)12-19-15/h1,4-5,12H,3,6-10,13H2,(H,18,22). The number of pyridine rings is 1. The predicted molar refractivity (Wildman–Crippen MR) is 84.1 cm³/mol. The molecule has 1 N–H and O–H groups in total. The Hall–Kier alpha value is -2.57. The average molecular weight is 297 g/mol. The monoisotopic (exact) mass is 297 g/mol. The lowest BCUT2D eigenvalue weighted by Crippen LogP contribution is -2.39. The minimum atomic E-state index is -0.0390. The molecule has 0 aliphatic carbocycles. The zero-order valence-electron chi connectivity index (χ0n) is 12.5. The molecule has 1 aliphatic rings. The summed E-state index contributed by atoms with van der Waals surface area (Å²) in [6.45, 7) is 4.01. The van der Waals surface area contributed by atoms with Gasteiger partial charge in [-0.3, -0.25) is 9.69 Å². The molecule has 2 heterocycles. The van der Waals surface area contributed by atoms with Crippen LogP contribution in [0.5, 0.6) is 0 Å². The highest BCUT2D eigenvalue weighted by Gasteiger charge is 2.17. The molecule has 0 unspecified atom stereocenters. The summed E-state index contributed by atoms with van der Waals surface area (Å²) < 4.78 is 0. The fourth-order valence-corrected chi connectivity index (χ4v) is 2.41. The van der Waals surface area contributed by atoms with E-state index in [1.807, 2.05) is 6.07 Å². The van der Waals surface area contributed by atoms with Gasteiger partial charge in [0.05, 0.1) is 18.7 Å². The Morgan fingerprint density at radius 1 is 1.36 bits per heavy atom. The maximum absolute atomic E-state index is 11.7. The van der Waals surface area contributed by atoms with Crippen LogP contribution in [0.4, 0.5) is 5.82 Å². The molecule has 1 amide bonds. The van der Waals surface area contributed by atoms with E-state index in [0.717, 1.165) is 38.4 Å². The fourth-order valence-electron chi connectivity index (χ4n) is 2.41. The van der Waals surface area contributed by atoms with Gasteiger partial charge in [-0.15, -0.1) is 6.42 Å². The van der Waals surface area contributed by atoms with Crippen LogP contribution in [-0.4, -0.2) is 55.1 Å². The van der Waals surface area contributed by atoms with Gasteiger partial charge in [0.15, 0.2) is 0 Å². The third-order valence-corrected chi connectivity index (χ3v) is 3.54. The third kappa shape index (κ3) is 4.47. The van der Waals surface area contributed by atoms with E-state index >= 15 is 0 Å². The molecular weight excluding hydrogens is 278 g/mol. The van der Waals surface area contributed by atoms with E-state index in [2.05, 4.69) is 32.1 Å². The van der Waals surface area contributed by atoms with E-state index in [0.29, 0.717) is 12.1 Å². The van der Waals surface area contributed by atoms with E-state index in [9.17, 15) is 4.79 Å². The number of hydrogen-bond donors (Lipinski definition) is 1. The van der Waals surface area contributed by atoms with Gasteiger partial charge in [0.2, 0.25) is 5.91 Å². The Morgan fingerprint density at radius 2 is 2.23 bits per heavy atom. The second-order valence-corrected chi connectivity index (χ2v) is 5.11. The maximum Gasteiger partial charge on any atom is 0.234 e. The number of nitrogens with one attached hydrogen (secondary N) is 1. The molecular formula is C16H19N5O. The Morgan fingerprint density at radius 3 is 2.91 bits per heavy atom. The van der Waals surface area contributed by atoms with Crippen LogP contribution < -0.4 is 10.2 Å². The number of amides is 1. The van der Waals surface area contributed by atoms with Gasteiger partial charge in [-0.05, 0) is 18.6 Å². The summed E-state index contributed by atoms with van der Waals surface area (Å²) in [5.41, 5.74) is 0.561. The molecule has 0 spiro atoms. The number of aromatic nitrogens is 1. The van der Waals surface area contributed by atoms with Crippen molar-refractivity contribution in [2.24, 2.45) is 0 Å². The van der Waals surface area contributed by atoms with E-state index < -0.39 is 0 Å². The van der Waals surface area contributed by atoms with E-state index in [4.69, 9.17) is 11.7 Å². The number of nitriles is 1. The SMILES string of the molecule is C#CCNC(=O)CN1CCCN(c2ccc(C#N)cn2)CC1. The van der Waals surface area contributed by atoms with Crippen molar-refractivity contribution < 1.29 is 4.79 Å². The van der Waals surface area contributed by atoms with Gasteiger partial charge < -0.3 is 10.2 Å². The van der Waals surface area contributed by atoms with Gasteiger partial charge in [0.25, 0.3) is 0 Å². The van der Waals surface area contributed by atoms with E-state index in [1.54, 1.807) is 12.3 Å². The van der Waals surface area contributed by atoms with Gasteiger partial charge >= 0.3 is 0 Å². The summed E-state index contributed by atoms with van der Waals surface area (Å²) in [6.07, 6.45) is 7.68. The van der Waals surface area contributed by atoms with Gasteiger partial charge in [-0.25, -0.2) is 4.98 Å². The smallest absolute Gasteiger partial charge is 0.234 e. The summed E-state index contributed by atoms with van der Waals surface area (Å²) in [5, 5.41) is 11.5. The number of terminal acetylenes is 1. The van der Waals surface area contributed by atoms with Crippen LogP contribution in [-0.2, 0) is 4.79 Å². The molecule has 6 nitrogen and oxygen atoms in total. The van der Waals surface area contributed by atoms with Crippen LogP contribution in [0.3, 0.4) is 0 Å². The molecule has 0 saturated carbocycles. The molecule has 0 atom stereocenters. The van der Waals surface area contributed by atoms with Crippen molar-refractivity contribution in [2.45, 2.75) is 6.42 Å². The first-order chi connectivity index (χ1) is 10.7. The molecule has 0 radical (unpaired) electrons. The highest BCUT2D eigenvalue weighted by atomic mass is 16.2. The minimum absolute atomic E-state index is 0.0390. The summed E-state index contributed by atoms with van der Waals surface area (Å²) in [6, 6.07) is 5.71. The molecule has 114 valence electrons. The van der Waals surface area contributed by atoms with E-state index in [-0.39, 0.29) is 12.5 Å². The number of rotatable bonds is 4. The van der Waals surface area contributed by atoms with Crippen LogP contribution in [0, 0.1) is 23.7 Å². The predicted octanol–water partition coefficient (Wildman–Crippen LogP) is 0.215. The van der Waals surface area contributed by atoms with E-state index in [1.165, 1.54) is 0 Å². The number of nitrogens with zero attached hydrogens (tertiary/aromatic N) is 4. The summed E-state index contributed by atoms with van der Waals surface area (Å²) >= 11 is 0. The maximum atomic E-state index is 11.7. The quantitative estimate of drug-likeness (QED) is 0.805. The topological polar surface area (TPSA) is 72.3 Å². The van der Waals surface area contributed by atoms with Crippen molar-refractivity contribution in [3.8, 4) is 18.4 Å². The first-order valence-corrected chi connectivity index (χ1v) is 7.26. The van der Waals surface area contributed by atoms with Crippen molar-refractivity contribution in [3.63, 3.8) is 0 Å². The van der Waals surface area contributed by atoms with Gasteiger partial charge in [0, 0.05) is 32.4 Å². The Kier molecular flexibility index (Phi) is 5.76.